The number of carbonyl (C=O) groups excluding carboxylic acids is 3. The van der Waals surface area contributed by atoms with E-state index < -0.39 is 23.4 Å². The maximum Gasteiger partial charge on any atom is 0.340 e. The van der Waals surface area contributed by atoms with E-state index in [9.17, 15) is 24.5 Å². The zero-order valence-electron chi connectivity index (χ0n) is 13.5. The van der Waals surface area contributed by atoms with Gasteiger partial charge in [-0.15, -0.1) is 0 Å². The van der Waals surface area contributed by atoms with Crippen LogP contribution in [-0.4, -0.2) is 29.2 Å². The van der Waals surface area contributed by atoms with E-state index in [0.717, 1.165) is 12.1 Å². The van der Waals surface area contributed by atoms with Crippen molar-refractivity contribution in [3.63, 3.8) is 0 Å². The molecule has 1 amide bonds. The molecule has 0 aliphatic carbocycles. The van der Waals surface area contributed by atoms with Gasteiger partial charge in [-0.2, -0.15) is 0 Å². The van der Waals surface area contributed by atoms with Crippen LogP contribution in [0.1, 0.15) is 27.6 Å². The molecular weight excluding hydrogens is 364 g/mol. The first kappa shape index (κ1) is 19.1. The fourth-order valence-electron chi connectivity index (χ4n) is 2.01. The van der Waals surface area contributed by atoms with Crippen molar-refractivity contribution in [2.45, 2.75) is 6.92 Å². The molecule has 8 nitrogen and oxygen atoms in total. The number of amides is 1. The van der Waals surface area contributed by atoms with Gasteiger partial charge in [0, 0.05) is 23.4 Å². The molecule has 134 valence electrons. The lowest BCUT2D eigenvalue weighted by Crippen LogP contribution is -2.21. The number of carbonyl (C=O) groups is 3. The third-order valence-corrected chi connectivity index (χ3v) is 3.60. The topological polar surface area (TPSA) is 116 Å². The number of rotatable bonds is 6. The Bertz CT molecular complexity index is 897. The van der Waals surface area contributed by atoms with Crippen LogP contribution >= 0.6 is 11.6 Å². The number of nitro groups is 1. The molecule has 0 bridgehead atoms. The maximum absolute atomic E-state index is 12.0. The summed E-state index contributed by atoms with van der Waals surface area (Å²) in [5.41, 5.74) is 0.245. The highest BCUT2D eigenvalue weighted by atomic mass is 35.5. The van der Waals surface area contributed by atoms with E-state index in [1.807, 2.05) is 0 Å². The minimum absolute atomic E-state index is 0.0323. The number of ketones is 1. The van der Waals surface area contributed by atoms with Crippen molar-refractivity contribution in [2.24, 2.45) is 0 Å². The van der Waals surface area contributed by atoms with E-state index in [2.05, 4.69) is 5.32 Å². The van der Waals surface area contributed by atoms with Gasteiger partial charge in [0.05, 0.1) is 15.5 Å². The van der Waals surface area contributed by atoms with Crippen molar-refractivity contribution in [1.82, 2.24) is 0 Å². The molecule has 1 N–H and O–H groups in total. The zero-order valence-corrected chi connectivity index (χ0v) is 14.3. The Kier molecular flexibility index (Phi) is 6.03. The quantitative estimate of drug-likeness (QED) is 0.358. The van der Waals surface area contributed by atoms with Gasteiger partial charge < -0.3 is 10.1 Å². The molecule has 0 heterocycles. The molecule has 2 aromatic rings. The monoisotopic (exact) mass is 376 g/mol. The number of hydrogen-bond acceptors (Lipinski definition) is 6. The molecule has 2 aromatic carbocycles. The molecule has 0 aliphatic rings. The van der Waals surface area contributed by atoms with E-state index in [4.69, 9.17) is 16.3 Å². The summed E-state index contributed by atoms with van der Waals surface area (Å²) in [6.07, 6.45) is 0. The Morgan fingerprint density at radius 3 is 2.58 bits per heavy atom. The summed E-state index contributed by atoms with van der Waals surface area (Å²) in [6.45, 7) is 0.771. The second-order valence-electron chi connectivity index (χ2n) is 5.18. The number of esters is 1. The highest BCUT2D eigenvalue weighted by Gasteiger charge is 2.18. The van der Waals surface area contributed by atoms with Gasteiger partial charge in [-0.05, 0) is 25.1 Å². The van der Waals surface area contributed by atoms with Crippen LogP contribution in [0, 0.1) is 10.1 Å². The van der Waals surface area contributed by atoms with Gasteiger partial charge in [0.2, 0.25) is 0 Å². The van der Waals surface area contributed by atoms with Crippen molar-refractivity contribution in [2.75, 3.05) is 11.9 Å². The lowest BCUT2D eigenvalue weighted by Gasteiger charge is -2.08. The van der Waals surface area contributed by atoms with Gasteiger partial charge in [-0.1, -0.05) is 23.7 Å². The highest BCUT2D eigenvalue weighted by molar-refractivity contribution is 6.33. The summed E-state index contributed by atoms with van der Waals surface area (Å²) in [5, 5.41) is 13.2. The molecule has 0 aliphatic heterocycles. The summed E-state index contributed by atoms with van der Waals surface area (Å²) in [4.78, 5) is 45.3. The number of nitrogens with one attached hydrogen (secondary N) is 1. The van der Waals surface area contributed by atoms with E-state index in [1.165, 1.54) is 19.1 Å². The first-order valence-corrected chi connectivity index (χ1v) is 7.67. The molecule has 0 unspecified atom stereocenters. The summed E-state index contributed by atoms with van der Waals surface area (Å²) >= 11 is 5.83. The van der Waals surface area contributed by atoms with Crippen LogP contribution in [0.3, 0.4) is 0 Å². The summed E-state index contributed by atoms with van der Waals surface area (Å²) in [6, 6.07) is 9.57. The molecular formula is C17H13ClN2O6. The largest absolute Gasteiger partial charge is 0.452 e. The summed E-state index contributed by atoms with van der Waals surface area (Å²) in [7, 11) is 0. The average Bonchev–Trinajstić information content (AvgIpc) is 2.60. The number of nitrogens with zero attached hydrogens (tertiary/aromatic N) is 1. The third-order valence-electron chi connectivity index (χ3n) is 3.27. The predicted molar refractivity (Wildman–Crippen MR) is 93.5 cm³/mol. The zero-order chi connectivity index (χ0) is 19.3. The fraction of sp³-hybridized carbons (Fsp3) is 0.118. The number of nitro benzene ring substituents is 1. The molecule has 0 spiro atoms. The lowest BCUT2D eigenvalue weighted by atomic mass is 10.1. The van der Waals surface area contributed by atoms with E-state index >= 15 is 0 Å². The SMILES string of the molecule is CC(=O)c1cccc(NC(=O)COC(=O)c2cc([N+](=O)[O-])ccc2Cl)c1. The van der Waals surface area contributed by atoms with Gasteiger partial charge >= 0.3 is 5.97 Å². The molecule has 26 heavy (non-hydrogen) atoms. The second-order valence-corrected chi connectivity index (χ2v) is 5.59. The van der Waals surface area contributed by atoms with Crippen LogP contribution in [0.5, 0.6) is 0 Å². The second kappa shape index (κ2) is 8.21. The predicted octanol–water partition coefficient (Wildman–Crippen LogP) is 3.25. The molecule has 0 aromatic heterocycles. The first-order valence-electron chi connectivity index (χ1n) is 7.30. The van der Waals surface area contributed by atoms with Gasteiger partial charge in [-0.3, -0.25) is 19.7 Å². The number of hydrogen-bond donors (Lipinski definition) is 1. The third kappa shape index (κ3) is 4.87. The number of anilines is 1. The number of non-ortho nitro benzene ring substituents is 1. The number of ether oxygens (including phenoxy) is 1. The van der Waals surface area contributed by atoms with Crippen LogP contribution < -0.4 is 5.32 Å². The van der Waals surface area contributed by atoms with Crippen molar-refractivity contribution in [3.8, 4) is 0 Å². The van der Waals surface area contributed by atoms with Gasteiger partial charge in [0.1, 0.15) is 0 Å². The van der Waals surface area contributed by atoms with Crippen molar-refractivity contribution < 1.29 is 24.0 Å². The van der Waals surface area contributed by atoms with Crippen LogP contribution in [-0.2, 0) is 9.53 Å². The number of benzene rings is 2. The van der Waals surface area contributed by atoms with E-state index in [-0.39, 0.29) is 22.1 Å². The molecule has 0 atom stereocenters. The Labute approximate surface area is 152 Å². The van der Waals surface area contributed by atoms with Crippen molar-refractivity contribution in [3.05, 3.63) is 68.7 Å². The normalized spacial score (nSPS) is 10.1. The highest BCUT2D eigenvalue weighted by Crippen LogP contribution is 2.22. The molecule has 0 saturated carbocycles. The van der Waals surface area contributed by atoms with Crippen molar-refractivity contribution in [1.29, 1.82) is 0 Å². The lowest BCUT2D eigenvalue weighted by molar-refractivity contribution is -0.384. The molecule has 0 saturated heterocycles. The van der Waals surface area contributed by atoms with Gasteiger partial charge in [-0.25, -0.2) is 4.79 Å². The maximum atomic E-state index is 12.0. The average molecular weight is 377 g/mol. The Morgan fingerprint density at radius 1 is 1.19 bits per heavy atom. The standard InChI is InChI=1S/C17H13ClN2O6/c1-10(21)11-3-2-4-12(7-11)19-16(22)9-26-17(23)14-8-13(20(24)25)5-6-15(14)18/h2-8H,9H2,1H3,(H,19,22). The van der Waals surface area contributed by atoms with E-state index in [1.54, 1.807) is 18.2 Å². The van der Waals surface area contributed by atoms with Crippen LogP contribution in [0.2, 0.25) is 5.02 Å². The summed E-state index contributed by atoms with van der Waals surface area (Å²) in [5.74, 6) is -1.76. The van der Waals surface area contributed by atoms with Gasteiger partial charge in [0.15, 0.2) is 12.4 Å². The Hall–Kier alpha value is -3.26. The van der Waals surface area contributed by atoms with Crippen molar-refractivity contribution >= 4 is 40.6 Å². The number of halogens is 1. The summed E-state index contributed by atoms with van der Waals surface area (Å²) < 4.78 is 4.83. The fourth-order valence-corrected chi connectivity index (χ4v) is 2.20. The Balaban J connectivity index is 2.00. The van der Waals surface area contributed by atoms with Crippen LogP contribution in [0.15, 0.2) is 42.5 Å². The molecule has 0 radical (unpaired) electrons. The minimum Gasteiger partial charge on any atom is -0.452 e. The minimum atomic E-state index is -0.966. The van der Waals surface area contributed by atoms with Crippen LogP contribution in [0.25, 0.3) is 0 Å². The smallest absolute Gasteiger partial charge is 0.340 e. The van der Waals surface area contributed by atoms with Gasteiger partial charge in [0.25, 0.3) is 11.6 Å². The van der Waals surface area contributed by atoms with E-state index in [0.29, 0.717) is 11.3 Å². The molecule has 9 heteroatoms. The number of Topliss-reactive ketones (excluding diaryl/α,β-unsaturated/α-hetero) is 1. The molecule has 0 fully saturated rings. The van der Waals surface area contributed by atoms with Crippen LogP contribution in [0.4, 0.5) is 11.4 Å². The molecule has 2 rings (SSSR count). The Morgan fingerprint density at radius 2 is 1.92 bits per heavy atom. The first-order chi connectivity index (χ1) is 12.3.